The van der Waals surface area contributed by atoms with Crippen molar-refractivity contribution in [2.75, 3.05) is 11.9 Å². The molecule has 1 aromatic carbocycles. The van der Waals surface area contributed by atoms with E-state index in [1.165, 1.54) is 12.5 Å². The van der Waals surface area contributed by atoms with Gasteiger partial charge in [0.25, 0.3) is 0 Å². The van der Waals surface area contributed by atoms with Crippen molar-refractivity contribution in [3.63, 3.8) is 0 Å². The number of benzene rings is 1. The molecule has 0 fully saturated rings. The normalized spacial score (nSPS) is 10.7. The number of hydrogen-bond donors (Lipinski definition) is 0. The fourth-order valence-electron chi connectivity index (χ4n) is 1.70. The second-order valence-electron chi connectivity index (χ2n) is 4.05. The average Bonchev–Trinajstić information content (AvgIpc) is 2.38. The van der Waals surface area contributed by atoms with Crippen LogP contribution >= 0.6 is 15.9 Å². The standard InChI is InChI=1S/C14H15BrO3/c15-8-2-1-3-9-17-12-5-6-13-11(10-12)4-7-14(16)18-13/h4-7,10H,1-3,8-9H2. The smallest absolute Gasteiger partial charge is 0.336 e. The number of fused-ring (bicyclic) bond motifs is 1. The zero-order chi connectivity index (χ0) is 12.8. The molecule has 0 bridgehead atoms. The number of unbranched alkanes of at least 4 members (excludes halogenated alkanes) is 2. The lowest BCUT2D eigenvalue weighted by Gasteiger charge is -2.06. The van der Waals surface area contributed by atoms with Gasteiger partial charge in [-0.2, -0.15) is 0 Å². The van der Waals surface area contributed by atoms with E-state index in [4.69, 9.17) is 9.15 Å². The molecule has 3 nitrogen and oxygen atoms in total. The van der Waals surface area contributed by atoms with E-state index in [0.29, 0.717) is 5.58 Å². The minimum absolute atomic E-state index is 0.328. The van der Waals surface area contributed by atoms with Crippen LogP contribution in [0.1, 0.15) is 19.3 Å². The topological polar surface area (TPSA) is 39.4 Å². The quantitative estimate of drug-likeness (QED) is 0.463. The fraction of sp³-hybridized carbons (Fsp3) is 0.357. The lowest BCUT2D eigenvalue weighted by Crippen LogP contribution is -1.98. The second kappa shape index (κ2) is 6.59. The predicted octanol–water partition coefficient (Wildman–Crippen LogP) is 3.74. The number of hydrogen-bond acceptors (Lipinski definition) is 3. The summed E-state index contributed by atoms with van der Waals surface area (Å²) in [5.74, 6) is 0.815. The van der Waals surface area contributed by atoms with Gasteiger partial charge in [0.1, 0.15) is 11.3 Å². The molecule has 0 radical (unpaired) electrons. The molecule has 0 aliphatic carbocycles. The first kappa shape index (κ1) is 13.1. The second-order valence-corrected chi connectivity index (χ2v) is 4.85. The fourth-order valence-corrected chi connectivity index (χ4v) is 2.10. The van der Waals surface area contributed by atoms with Crippen LogP contribution in [0.3, 0.4) is 0 Å². The van der Waals surface area contributed by atoms with Gasteiger partial charge in [0, 0.05) is 16.8 Å². The van der Waals surface area contributed by atoms with E-state index in [9.17, 15) is 4.79 Å². The molecule has 0 amide bonds. The van der Waals surface area contributed by atoms with Gasteiger partial charge in [0.15, 0.2) is 0 Å². The molecule has 0 spiro atoms. The molecule has 2 rings (SSSR count). The highest BCUT2D eigenvalue weighted by atomic mass is 79.9. The third-order valence-corrected chi connectivity index (χ3v) is 3.20. The SMILES string of the molecule is O=c1ccc2cc(OCCCCCBr)ccc2o1. The summed E-state index contributed by atoms with van der Waals surface area (Å²) in [6.07, 6.45) is 3.38. The summed E-state index contributed by atoms with van der Waals surface area (Å²) in [4.78, 5) is 11.0. The Morgan fingerprint density at radius 1 is 1.11 bits per heavy atom. The van der Waals surface area contributed by atoms with E-state index in [2.05, 4.69) is 15.9 Å². The number of alkyl halides is 1. The molecule has 0 atom stereocenters. The monoisotopic (exact) mass is 310 g/mol. The summed E-state index contributed by atoms with van der Waals surface area (Å²) in [7, 11) is 0. The molecule has 0 unspecified atom stereocenters. The summed E-state index contributed by atoms with van der Waals surface area (Å²) in [6, 6.07) is 8.66. The Balaban J connectivity index is 1.97. The van der Waals surface area contributed by atoms with Crippen molar-refractivity contribution in [3.05, 3.63) is 40.8 Å². The van der Waals surface area contributed by atoms with Gasteiger partial charge in [0.05, 0.1) is 6.61 Å². The van der Waals surface area contributed by atoms with Gasteiger partial charge in [-0.25, -0.2) is 4.79 Å². The molecule has 0 saturated carbocycles. The Kier molecular flexibility index (Phi) is 4.81. The number of ether oxygens (including phenoxy) is 1. The summed E-state index contributed by atoms with van der Waals surface area (Å²) >= 11 is 3.40. The Hall–Kier alpha value is -1.29. The van der Waals surface area contributed by atoms with Gasteiger partial charge in [-0.1, -0.05) is 15.9 Å². The molecule has 2 aromatic rings. The van der Waals surface area contributed by atoms with E-state index in [-0.39, 0.29) is 5.63 Å². The summed E-state index contributed by atoms with van der Waals surface area (Å²) < 4.78 is 10.7. The maximum Gasteiger partial charge on any atom is 0.336 e. The number of halogens is 1. The van der Waals surface area contributed by atoms with Crippen molar-refractivity contribution in [3.8, 4) is 5.75 Å². The van der Waals surface area contributed by atoms with Crippen LogP contribution in [-0.4, -0.2) is 11.9 Å². The van der Waals surface area contributed by atoms with Crippen molar-refractivity contribution in [2.45, 2.75) is 19.3 Å². The summed E-state index contributed by atoms with van der Waals surface area (Å²) in [5, 5.41) is 1.93. The summed E-state index contributed by atoms with van der Waals surface area (Å²) in [6.45, 7) is 0.718. The molecule has 1 heterocycles. The van der Waals surface area contributed by atoms with Gasteiger partial charge in [-0.15, -0.1) is 0 Å². The zero-order valence-corrected chi connectivity index (χ0v) is 11.6. The van der Waals surface area contributed by atoms with Crippen LogP contribution in [0.4, 0.5) is 0 Å². The third kappa shape index (κ3) is 3.60. The van der Waals surface area contributed by atoms with Crippen molar-refractivity contribution >= 4 is 26.9 Å². The van der Waals surface area contributed by atoms with Gasteiger partial charge >= 0.3 is 5.63 Å². The molecule has 0 aliphatic heterocycles. The Labute approximate surface area is 114 Å². The highest BCUT2D eigenvalue weighted by molar-refractivity contribution is 9.09. The Bertz CT molecular complexity index is 562. The molecule has 18 heavy (non-hydrogen) atoms. The van der Waals surface area contributed by atoms with Crippen LogP contribution in [0, 0.1) is 0 Å². The first-order valence-corrected chi connectivity index (χ1v) is 7.14. The minimum atomic E-state index is -0.328. The zero-order valence-electron chi connectivity index (χ0n) is 10.0. The maximum absolute atomic E-state index is 11.0. The molecule has 4 heteroatoms. The van der Waals surface area contributed by atoms with Gasteiger partial charge in [-0.3, -0.25) is 0 Å². The third-order valence-electron chi connectivity index (χ3n) is 2.64. The van der Waals surface area contributed by atoms with Crippen LogP contribution in [0.5, 0.6) is 5.75 Å². The molecule has 96 valence electrons. The van der Waals surface area contributed by atoms with Crippen molar-refractivity contribution < 1.29 is 9.15 Å². The molecule has 0 N–H and O–H groups in total. The highest BCUT2D eigenvalue weighted by Crippen LogP contribution is 2.19. The van der Waals surface area contributed by atoms with Crippen molar-refractivity contribution in [2.24, 2.45) is 0 Å². The lowest BCUT2D eigenvalue weighted by atomic mass is 10.2. The van der Waals surface area contributed by atoms with Crippen molar-refractivity contribution in [1.82, 2.24) is 0 Å². The van der Waals surface area contributed by atoms with E-state index in [0.717, 1.165) is 35.9 Å². The first-order chi connectivity index (χ1) is 8.79. The predicted molar refractivity (Wildman–Crippen MR) is 75.6 cm³/mol. The van der Waals surface area contributed by atoms with Gasteiger partial charge < -0.3 is 9.15 Å². The van der Waals surface area contributed by atoms with Gasteiger partial charge in [-0.05, 0) is 43.5 Å². The first-order valence-electron chi connectivity index (χ1n) is 6.02. The van der Waals surface area contributed by atoms with E-state index >= 15 is 0 Å². The lowest BCUT2D eigenvalue weighted by molar-refractivity contribution is 0.307. The van der Waals surface area contributed by atoms with E-state index in [1.807, 2.05) is 12.1 Å². The molecule has 0 aliphatic rings. The Morgan fingerprint density at radius 2 is 2.00 bits per heavy atom. The Morgan fingerprint density at radius 3 is 2.83 bits per heavy atom. The number of rotatable bonds is 6. The molecule has 1 aromatic heterocycles. The maximum atomic E-state index is 11.0. The van der Waals surface area contributed by atoms with Crippen LogP contribution in [0.2, 0.25) is 0 Å². The average molecular weight is 311 g/mol. The molecule has 0 saturated heterocycles. The van der Waals surface area contributed by atoms with Gasteiger partial charge in [0.2, 0.25) is 0 Å². The van der Waals surface area contributed by atoms with E-state index < -0.39 is 0 Å². The summed E-state index contributed by atoms with van der Waals surface area (Å²) in [5.41, 5.74) is 0.264. The van der Waals surface area contributed by atoms with E-state index in [1.54, 1.807) is 12.1 Å². The van der Waals surface area contributed by atoms with Crippen LogP contribution < -0.4 is 10.4 Å². The molecular weight excluding hydrogens is 296 g/mol. The minimum Gasteiger partial charge on any atom is -0.494 e. The van der Waals surface area contributed by atoms with Crippen LogP contribution in [0.15, 0.2) is 39.5 Å². The highest BCUT2D eigenvalue weighted by Gasteiger charge is 2.00. The largest absolute Gasteiger partial charge is 0.494 e. The molecular formula is C14H15BrO3. The van der Waals surface area contributed by atoms with Crippen LogP contribution in [0.25, 0.3) is 11.0 Å². The van der Waals surface area contributed by atoms with Crippen LogP contribution in [-0.2, 0) is 0 Å². The van der Waals surface area contributed by atoms with Crippen molar-refractivity contribution in [1.29, 1.82) is 0 Å².